The van der Waals surface area contributed by atoms with E-state index in [2.05, 4.69) is 37.9 Å². The summed E-state index contributed by atoms with van der Waals surface area (Å²) in [5.41, 5.74) is 0.244. The number of carbonyl (C=O) groups is 2. The van der Waals surface area contributed by atoms with Gasteiger partial charge in [0.25, 0.3) is 0 Å². The summed E-state index contributed by atoms with van der Waals surface area (Å²) >= 11 is 0. The van der Waals surface area contributed by atoms with Gasteiger partial charge in [-0.3, -0.25) is 14.5 Å². The molecule has 1 saturated heterocycles. The summed E-state index contributed by atoms with van der Waals surface area (Å²) in [6, 6.07) is 6.96. The SMILES string of the molecule is CC(C)N(CCNC(=O)C1CC(=O)N(c2ccccc2F)C1)C(C)C. The highest BCUT2D eigenvalue weighted by Gasteiger charge is 2.36. The first-order valence-electron chi connectivity index (χ1n) is 8.89. The zero-order chi connectivity index (χ0) is 18.6. The van der Waals surface area contributed by atoms with E-state index in [0.717, 1.165) is 6.54 Å². The number of carbonyl (C=O) groups excluding carboxylic acids is 2. The minimum absolute atomic E-state index is 0.123. The maximum atomic E-state index is 13.9. The molecular weight excluding hydrogens is 321 g/mol. The molecule has 0 aliphatic carbocycles. The van der Waals surface area contributed by atoms with Crippen molar-refractivity contribution in [2.75, 3.05) is 24.5 Å². The summed E-state index contributed by atoms with van der Waals surface area (Å²) in [7, 11) is 0. The van der Waals surface area contributed by atoms with E-state index in [4.69, 9.17) is 0 Å². The summed E-state index contributed by atoms with van der Waals surface area (Å²) in [5.74, 6) is -1.23. The Morgan fingerprint density at radius 1 is 1.28 bits per heavy atom. The predicted molar refractivity (Wildman–Crippen MR) is 96.8 cm³/mol. The topological polar surface area (TPSA) is 52.7 Å². The lowest BCUT2D eigenvalue weighted by Crippen LogP contribution is -2.43. The number of amides is 2. The Labute approximate surface area is 149 Å². The van der Waals surface area contributed by atoms with Crippen LogP contribution in [0.1, 0.15) is 34.1 Å². The molecule has 5 nitrogen and oxygen atoms in total. The molecule has 1 aliphatic rings. The molecule has 1 N–H and O–H groups in total. The fourth-order valence-corrected chi connectivity index (χ4v) is 3.35. The van der Waals surface area contributed by atoms with Crippen molar-refractivity contribution in [1.29, 1.82) is 0 Å². The second-order valence-corrected chi connectivity index (χ2v) is 7.07. The van der Waals surface area contributed by atoms with Gasteiger partial charge in [-0.15, -0.1) is 0 Å². The van der Waals surface area contributed by atoms with Gasteiger partial charge in [-0.05, 0) is 39.8 Å². The quantitative estimate of drug-likeness (QED) is 0.822. The van der Waals surface area contributed by atoms with Crippen LogP contribution in [0.5, 0.6) is 0 Å². The van der Waals surface area contributed by atoms with Crippen molar-refractivity contribution >= 4 is 17.5 Å². The first-order chi connectivity index (χ1) is 11.8. The molecule has 0 radical (unpaired) electrons. The van der Waals surface area contributed by atoms with Crippen molar-refractivity contribution in [3.05, 3.63) is 30.1 Å². The van der Waals surface area contributed by atoms with E-state index in [1.165, 1.54) is 11.0 Å². The van der Waals surface area contributed by atoms with E-state index in [1.807, 2.05) is 0 Å². The molecule has 0 spiro atoms. The Bertz CT molecular complexity index is 610. The van der Waals surface area contributed by atoms with E-state index in [1.54, 1.807) is 18.2 Å². The van der Waals surface area contributed by atoms with Gasteiger partial charge >= 0.3 is 0 Å². The minimum Gasteiger partial charge on any atom is -0.355 e. The van der Waals surface area contributed by atoms with Crippen LogP contribution in [0.4, 0.5) is 10.1 Å². The molecule has 2 amide bonds. The maximum Gasteiger partial charge on any atom is 0.227 e. The van der Waals surface area contributed by atoms with Crippen molar-refractivity contribution in [2.45, 2.75) is 46.2 Å². The molecule has 1 heterocycles. The lowest BCUT2D eigenvalue weighted by molar-refractivity contribution is -0.126. The summed E-state index contributed by atoms with van der Waals surface area (Å²) in [4.78, 5) is 28.2. The number of nitrogens with zero attached hydrogens (tertiary/aromatic N) is 2. The van der Waals surface area contributed by atoms with Crippen LogP contribution >= 0.6 is 0 Å². The Balaban J connectivity index is 1.89. The summed E-state index contributed by atoms with van der Waals surface area (Å²) in [5, 5.41) is 2.92. The predicted octanol–water partition coefficient (Wildman–Crippen LogP) is 2.41. The fraction of sp³-hybridized carbons (Fsp3) is 0.579. The standard InChI is InChI=1S/C19H28FN3O2/c1-13(2)22(14(3)4)10-9-21-19(25)15-11-18(24)23(12-15)17-8-6-5-7-16(17)20/h5-8,13-15H,9-12H2,1-4H3,(H,21,25). The molecule has 1 fully saturated rings. The van der Waals surface area contributed by atoms with E-state index in [0.29, 0.717) is 18.6 Å². The van der Waals surface area contributed by atoms with E-state index >= 15 is 0 Å². The number of nitrogens with one attached hydrogen (secondary N) is 1. The van der Waals surface area contributed by atoms with Gasteiger partial charge in [0, 0.05) is 38.1 Å². The van der Waals surface area contributed by atoms with Crippen LogP contribution in [0.3, 0.4) is 0 Å². The zero-order valence-corrected chi connectivity index (χ0v) is 15.5. The van der Waals surface area contributed by atoms with Gasteiger partial charge in [-0.25, -0.2) is 4.39 Å². The van der Waals surface area contributed by atoms with E-state index in [-0.39, 0.29) is 30.5 Å². The van der Waals surface area contributed by atoms with Crippen LogP contribution in [0.2, 0.25) is 0 Å². The molecule has 0 aromatic heterocycles. The molecule has 1 aromatic rings. The average molecular weight is 349 g/mol. The third kappa shape index (κ3) is 4.78. The van der Waals surface area contributed by atoms with Crippen molar-refractivity contribution in [3.63, 3.8) is 0 Å². The molecule has 1 aliphatic heterocycles. The Hall–Kier alpha value is -1.95. The number of benzene rings is 1. The number of para-hydroxylation sites is 1. The highest BCUT2D eigenvalue weighted by atomic mass is 19.1. The molecule has 0 bridgehead atoms. The van der Waals surface area contributed by atoms with Crippen LogP contribution in [-0.2, 0) is 9.59 Å². The highest BCUT2D eigenvalue weighted by Crippen LogP contribution is 2.27. The second kappa shape index (κ2) is 8.43. The van der Waals surface area contributed by atoms with Crippen LogP contribution < -0.4 is 10.2 Å². The Morgan fingerprint density at radius 3 is 2.52 bits per heavy atom. The third-order valence-corrected chi connectivity index (χ3v) is 4.63. The van der Waals surface area contributed by atoms with Gasteiger partial charge in [-0.1, -0.05) is 12.1 Å². The maximum absolute atomic E-state index is 13.9. The van der Waals surface area contributed by atoms with Crippen molar-refractivity contribution < 1.29 is 14.0 Å². The Kier molecular flexibility index (Phi) is 6.53. The van der Waals surface area contributed by atoms with Gasteiger partial charge in [0.2, 0.25) is 11.8 Å². The largest absolute Gasteiger partial charge is 0.355 e. The van der Waals surface area contributed by atoms with Crippen molar-refractivity contribution in [2.24, 2.45) is 5.92 Å². The molecule has 138 valence electrons. The lowest BCUT2D eigenvalue weighted by atomic mass is 10.1. The Morgan fingerprint density at radius 2 is 1.92 bits per heavy atom. The normalized spacial score (nSPS) is 17.8. The van der Waals surface area contributed by atoms with Crippen molar-refractivity contribution in [1.82, 2.24) is 10.2 Å². The molecule has 1 unspecified atom stereocenters. The molecule has 0 saturated carbocycles. The first-order valence-corrected chi connectivity index (χ1v) is 8.89. The van der Waals surface area contributed by atoms with Gasteiger partial charge in [0.1, 0.15) is 5.82 Å². The lowest BCUT2D eigenvalue weighted by Gasteiger charge is -2.30. The van der Waals surface area contributed by atoms with Crippen LogP contribution in [0, 0.1) is 11.7 Å². The van der Waals surface area contributed by atoms with E-state index in [9.17, 15) is 14.0 Å². The molecule has 25 heavy (non-hydrogen) atoms. The third-order valence-electron chi connectivity index (χ3n) is 4.63. The molecule has 1 aromatic carbocycles. The number of anilines is 1. The van der Waals surface area contributed by atoms with Gasteiger partial charge in [0.05, 0.1) is 11.6 Å². The summed E-state index contributed by atoms with van der Waals surface area (Å²) in [6.45, 7) is 10.0. The second-order valence-electron chi connectivity index (χ2n) is 7.07. The molecule has 1 atom stereocenters. The van der Waals surface area contributed by atoms with Crippen LogP contribution in [-0.4, -0.2) is 48.4 Å². The number of halogens is 1. The van der Waals surface area contributed by atoms with Crippen LogP contribution in [0.15, 0.2) is 24.3 Å². The monoisotopic (exact) mass is 349 g/mol. The summed E-state index contributed by atoms with van der Waals surface area (Å²) in [6.07, 6.45) is 0.123. The number of hydrogen-bond donors (Lipinski definition) is 1. The van der Waals surface area contributed by atoms with Gasteiger partial charge < -0.3 is 10.2 Å². The minimum atomic E-state index is -0.443. The smallest absolute Gasteiger partial charge is 0.227 e. The molecule has 6 heteroatoms. The van der Waals surface area contributed by atoms with Gasteiger partial charge in [-0.2, -0.15) is 0 Å². The fourth-order valence-electron chi connectivity index (χ4n) is 3.35. The summed E-state index contributed by atoms with van der Waals surface area (Å²) < 4.78 is 13.9. The molecule has 2 rings (SSSR count). The number of rotatable bonds is 7. The van der Waals surface area contributed by atoms with Gasteiger partial charge in [0.15, 0.2) is 0 Å². The first kappa shape index (κ1) is 19.4. The van der Waals surface area contributed by atoms with E-state index < -0.39 is 11.7 Å². The average Bonchev–Trinajstić information content (AvgIpc) is 2.93. The van der Waals surface area contributed by atoms with Crippen LogP contribution in [0.25, 0.3) is 0 Å². The number of hydrogen-bond acceptors (Lipinski definition) is 3. The van der Waals surface area contributed by atoms with Crippen molar-refractivity contribution in [3.8, 4) is 0 Å². The molecular formula is C19H28FN3O2. The zero-order valence-electron chi connectivity index (χ0n) is 15.5. The highest BCUT2D eigenvalue weighted by molar-refractivity contribution is 6.00.